The summed E-state index contributed by atoms with van der Waals surface area (Å²) in [6.07, 6.45) is 7.64. The Balaban J connectivity index is 1.37. The van der Waals surface area contributed by atoms with Gasteiger partial charge in [0, 0.05) is 52.1 Å². The lowest BCUT2D eigenvalue weighted by Crippen LogP contribution is -2.52. The van der Waals surface area contributed by atoms with Gasteiger partial charge in [-0.1, -0.05) is 12.1 Å². The van der Waals surface area contributed by atoms with Crippen molar-refractivity contribution >= 4 is 17.9 Å². The van der Waals surface area contributed by atoms with Crippen molar-refractivity contribution in [2.75, 3.05) is 43.1 Å². The van der Waals surface area contributed by atoms with Crippen LogP contribution in [0.2, 0.25) is 0 Å². The van der Waals surface area contributed by atoms with Crippen LogP contribution in [-0.2, 0) is 11.2 Å². The lowest BCUT2D eigenvalue weighted by atomic mass is 9.91. The summed E-state index contributed by atoms with van der Waals surface area (Å²) in [5.41, 5.74) is 2.39. The minimum absolute atomic E-state index is 0.193. The van der Waals surface area contributed by atoms with E-state index in [0.717, 1.165) is 50.5 Å². The Morgan fingerprint density at radius 2 is 1.89 bits per heavy atom. The van der Waals surface area contributed by atoms with Gasteiger partial charge < -0.3 is 19.9 Å². The van der Waals surface area contributed by atoms with E-state index in [4.69, 9.17) is 10.1 Å². The van der Waals surface area contributed by atoms with Crippen LogP contribution in [0.25, 0.3) is 0 Å². The summed E-state index contributed by atoms with van der Waals surface area (Å²) in [5.74, 6) is 0.974. The second-order valence-corrected chi connectivity index (χ2v) is 7.50. The first-order valence-corrected chi connectivity index (χ1v) is 9.80. The van der Waals surface area contributed by atoms with Gasteiger partial charge in [0.05, 0.1) is 11.8 Å². The highest BCUT2D eigenvalue weighted by molar-refractivity contribution is 5.61. The molecule has 2 aliphatic rings. The highest BCUT2D eigenvalue weighted by Gasteiger charge is 2.29. The molecule has 28 heavy (non-hydrogen) atoms. The second-order valence-electron chi connectivity index (χ2n) is 7.50. The van der Waals surface area contributed by atoms with E-state index in [2.05, 4.69) is 19.8 Å². The van der Waals surface area contributed by atoms with Crippen molar-refractivity contribution in [3.63, 3.8) is 0 Å². The van der Waals surface area contributed by atoms with E-state index >= 15 is 0 Å². The fourth-order valence-corrected chi connectivity index (χ4v) is 3.99. The summed E-state index contributed by atoms with van der Waals surface area (Å²) in [7, 11) is 1.73. The third kappa shape index (κ3) is 3.71. The normalized spacial score (nSPS) is 18.2. The topological polar surface area (TPSA) is 65.3 Å². The summed E-state index contributed by atoms with van der Waals surface area (Å²) in [6, 6.07) is 5.46. The molecular formula is C21H26FN5O. The molecule has 0 atom stereocenters. The van der Waals surface area contributed by atoms with Crippen molar-refractivity contribution in [2.45, 2.75) is 31.3 Å². The maximum Gasteiger partial charge on any atom is 0.225 e. The van der Waals surface area contributed by atoms with Crippen molar-refractivity contribution in [3.8, 4) is 0 Å². The van der Waals surface area contributed by atoms with E-state index in [-0.39, 0.29) is 11.9 Å². The predicted molar refractivity (Wildman–Crippen MR) is 108 cm³/mol. The van der Waals surface area contributed by atoms with Gasteiger partial charge in [0.1, 0.15) is 5.82 Å². The minimum atomic E-state index is -0.193. The maximum absolute atomic E-state index is 14.7. The number of halogens is 1. The molecule has 2 aliphatic heterocycles. The summed E-state index contributed by atoms with van der Waals surface area (Å²) >= 11 is 0. The number of aromatic nitrogens is 2. The minimum Gasteiger partial charge on any atom is -0.378 e. The van der Waals surface area contributed by atoms with Gasteiger partial charge in [0.25, 0.3) is 0 Å². The Morgan fingerprint density at radius 3 is 2.54 bits per heavy atom. The molecule has 7 heteroatoms. The number of hydrogen-bond donors (Lipinski definition) is 1. The fourth-order valence-electron chi connectivity index (χ4n) is 3.99. The predicted octanol–water partition coefficient (Wildman–Crippen LogP) is 3.03. The molecule has 0 amide bonds. The standard InChI is InChI=1S/C21H26FN5O/c1-28-18-13-27(14-18)21-24-11-17(12-25-21)15-6-9-26(10-7-15)19-4-2-3-16(5-8-23)20(19)22/h2-4,8,11-12,15,18,23H,5-7,9-10,13-14H2,1H3. The quantitative estimate of drug-likeness (QED) is 0.777. The second kappa shape index (κ2) is 8.22. The highest BCUT2D eigenvalue weighted by atomic mass is 19.1. The van der Waals surface area contributed by atoms with E-state index in [1.807, 2.05) is 24.5 Å². The van der Waals surface area contributed by atoms with Gasteiger partial charge in [-0.05, 0) is 42.2 Å². The molecule has 2 fully saturated rings. The van der Waals surface area contributed by atoms with E-state index in [1.165, 1.54) is 6.21 Å². The third-order valence-corrected chi connectivity index (χ3v) is 5.81. The number of methoxy groups -OCH3 is 1. The molecule has 3 heterocycles. The summed E-state index contributed by atoms with van der Waals surface area (Å²) < 4.78 is 20.0. The van der Waals surface area contributed by atoms with Gasteiger partial charge in [0.15, 0.2) is 0 Å². The molecule has 6 nitrogen and oxygen atoms in total. The van der Waals surface area contributed by atoms with Crippen LogP contribution in [0.5, 0.6) is 0 Å². The number of ether oxygens (including phenoxy) is 1. The first kappa shape index (κ1) is 18.8. The zero-order chi connectivity index (χ0) is 19.5. The lowest BCUT2D eigenvalue weighted by Gasteiger charge is -2.38. The van der Waals surface area contributed by atoms with Crippen LogP contribution in [0.3, 0.4) is 0 Å². The molecule has 1 aromatic carbocycles. The molecule has 0 unspecified atom stereocenters. The SMILES string of the molecule is COC1CN(c2ncc(C3CCN(c4cccc(CC=N)c4F)CC3)cn2)C1. The molecule has 1 aromatic heterocycles. The molecule has 0 radical (unpaired) electrons. The Labute approximate surface area is 164 Å². The molecule has 4 rings (SSSR count). The van der Waals surface area contributed by atoms with Crippen molar-refractivity contribution in [2.24, 2.45) is 0 Å². The van der Waals surface area contributed by atoms with Crippen molar-refractivity contribution in [3.05, 3.63) is 47.5 Å². The molecule has 0 bridgehead atoms. The van der Waals surface area contributed by atoms with Crippen LogP contribution < -0.4 is 9.80 Å². The van der Waals surface area contributed by atoms with E-state index < -0.39 is 0 Å². The maximum atomic E-state index is 14.7. The van der Waals surface area contributed by atoms with E-state index in [0.29, 0.717) is 23.6 Å². The van der Waals surface area contributed by atoms with Gasteiger partial charge in [0.2, 0.25) is 5.95 Å². The lowest BCUT2D eigenvalue weighted by molar-refractivity contribution is 0.0778. The zero-order valence-electron chi connectivity index (χ0n) is 16.1. The summed E-state index contributed by atoms with van der Waals surface area (Å²) in [4.78, 5) is 13.3. The highest BCUT2D eigenvalue weighted by Crippen LogP contribution is 2.32. The van der Waals surface area contributed by atoms with Gasteiger partial charge in [-0.2, -0.15) is 0 Å². The Morgan fingerprint density at radius 1 is 1.18 bits per heavy atom. The van der Waals surface area contributed by atoms with Crippen LogP contribution in [0.1, 0.15) is 29.9 Å². The van der Waals surface area contributed by atoms with Crippen molar-refractivity contribution in [1.29, 1.82) is 5.41 Å². The van der Waals surface area contributed by atoms with Crippen LogP contribution in [-0.4, -0.2) is 55.6 Å². The Hall–Kier alpha value is -2.54. The molecule has 148 valence electrons. The molecular weight excluding hydrogens is 357 g/mol. The number of benzene rings is 1. The Kier molecular flexibility index (Phi) is 5.52. The molecule has 1 N–H and O–H groups in total. The van der Waals surface area contributed by atoms with Crippen LogP contribution >= 0.6 is 0 Å². The number of nitrogens with one attached hydrogen (secondary N) is 1. The average molecular weight is 383 g/mol. The Bertz CT molecular complexity index is 814. The number of piperidine rings is 1. The summed E-state index contributed by atoms with van der Waals surface area (Å²) in [5, 5.41) is 7.22. The largest absolute Gasteiger partial charge is 0.378 e. The number of anilines is 2. The smallest absolute Gasteiger partial charge is 0.225 e. The molecule has 0 spiro atoms. The molecule has 0 saturated carbocycles. The molecule has 2 saturated heterocycles. The fraction of sp³-hybridized carbons (Fsp3) is 0.476. The number of nitrogens with zero attached hydrogens (tertiary/aromatic N) is 4. The molecule has 2 aromatic rings. The summed E-state index contributed by atoms with van der Waals surface area (Å²) in [6.45, 7) is 3.30. The van der Waals surface area contributed by atoms with Gasteiger partial charge >= 0.3 is 0 Å². The van der Waals surface area contributed by atoms with Gasteiger partial charge in [-0.15, -0.1) is 0 Å². The van der Waals surface area contributed by atoms with E-state index in [1.54, 1.807) is 13.2 Å². The first-order chi connectivity index (χ1) is 13.7. The molecule has 0 aliphatic carbocycles. The van der Waals surface area contributed by atoms with Gasteiger partial charge in [-0.3, -0.25) is 0 Å². The van der Waals surface area contributed by atoms with Gasteiger partial charge in [-0.25, -0.2) is 14.4 Å². The van der Waals surface area contributed by atoms with Crippen molar-refractivity contribution in [1.82, 2.24) is 9.97 Å². The van der Waals surface area contributed by atoms with Crippen LogP contribution in [0, 0.1) is 11.2 Å². The van der Waals surface area contributed by atoms with E-state index in [9.17, 15) is 4.39 Å². The number of rotatable bonds is 6. The van der Waals surface area contributed by atoms with Crippen molar-refractivity contribution < 1.29 is 9.13 Å². The van der Waals surface area contributed by atoms with Crippen LogP contribution in [0.4, 0.5) is 16.0 Å². The average Bonchev–Trinajstić information content (AvgIpc) is 2.70. The van der Waals surface area contributed by atoms with Crippen LogP contribution in [0.15, 0.2) is 30.6 Å². The first-order valence-electron chi connectivity index (χ1n) is 9.80. The monoisotopic (exact) mass is 383 g/mol. The third-order valence-electron chi connectivity index (χ3n) is 5.81. The zero-order valence-corrected chi connectivity index (χ0v) is 16.1. The number of hydrogen-bond acceptors (Lipinski definition) is 6.